The van der Waals surface area contributed by atoms with Crippen molar-refractivity contribution in [3.63, 3.8) is 0 Å². The summed E-state index contributed by atoms with van der Waals surface area (Å²) < 4.78 is 109. The lowest BCUT2D eigenvalue weighted by Crippen LogP contribution is -2.27. The number of alkyl halides is 3. The molecule has 1 atom stereocenters. The molecule has 2 rings (SSSR count). The molecule has 0 heterocycles. The zero-order chi connectivity index (χ0) is 17.4. The molecule has 0 spiro atoms. The first-order valence-electron chi connectivity index (χ1n) is 5.94. The molecule has 23 heavy (non-hydrogen) atoms. The van der Waals surface area contributed by atoms with Crippen molar-refractivity contribution in [2.45, 2.75) is 12.3 Å². The van der Waals surface area contributed by atoms with Crippen LogP contribution in [0.1, 0.15) is 11.7 Å². The Hall–Kier alpha value is -2.32. The van der Waals surface area contributed by atoms with E-state index in [4.69, 9.17) is 0 Å². The van der Waals surface area contributed by atoms with Crippen LogP contribution in [0.3, 0.4) is 0 Å². The summed E-state index contributed by atoms with van der Waals surface area (Å²) in [6, 6.07) is 5.62. The molecule has 0 saturated heterocycles. The van der Waals surface area contributed by atoms with Gasteiger partial charge in [0, 0.05) is 5.56 Å². The maximum atomic E-state index is 13.5. The van der Waals surface area contributed by atoms with Gasteiger partial charge in [0.05, 0.1) is 0 Å². The lowest BCUT2D eigenvalue weighted by Gasteiger charge is -2.22. The molecule has 0 aliphatic carbocycles. The van der Waals surface area contributed by atoms with Gasteiger partial charge in [-0.15, -0.1) is 0 Å². The van der Waals surface area contributed by atoms with E-state index in [1.165, 1.54) is 18.2 Å². The van der Waals surface area contributed by atoms with Crippen LogP contribution >= 0.6 is 0 Å². The van der Waals surface area contributed by atoms with Crippen molar-refractivity contribution in [1.29, 1.82) is 0 Å². The van der Waals surface area contributed by atoms with E-state index in [1.54, 1.807) is 0 Å². The van der Waals surface area contributed by atoms with E-state index in [9.17, 15) is 35.1 Å². The quantitative estimate of drug-likeness (QED) is 0.430. The van der Waals surface area contributed by atoms with E-state index in [-0.39, 0.29) is 0 Å². The van der Waals surface area contributed by atoms with Crippen molar-refractivity contribution in [2.75, 3.05) is 0 Å². The van der Waals surface area contributed by atoms with Crippen LogP contribution in [0.25, 0.3) is 0 Å². The molecule has 0 aliphatic rings. The zero-order valence-corrected chi connectivity index (χ0v) is 10.9. The predicted octanol–water partition coefficient (Wildman–Crippen LogP) is 5.06. The summed E-state index contributed by atoms with van der Waals surface area (Å²) in [5.41, 5.74) is -0.566. The largest absolute Gasteiger partial charge is 0.470 e. The van der Waals surface area contributed by atoms with E-state index in [0.717, 1.165) is 12.1 Å². The molecule has 1 nitrogen and oxygen atoms in total. The molecular weight excluding hydrogens is 336 g/mol. The van der Waals surface area contributed by atoms with Crippen LogP contribution in [0, 0.1) is 29.1 Å². The summed E-state index contributed by atoms with van der Waals surface area (Å²) in [5, 5.41) is 0. The molecule has 0 fully saturated rings. The van der Waals surface area contributed by atoms with Crippen LogP contribution in [-0.2, 0) is 0 Å². The Morgan fingerprint density at radius 3 is 1.57 bits per heavy atom. The van der Waals surface area contributed by atoms with Crippen LogP contribution in [0.15, 0.2) is 30.3 Å². The summed E-state index contributed by atoms with van der Waals surface area (Å²) in [5.74, 6) is -14.2. The van der Waals surface area contributed by atoms with Gasteiger partial charge in [-0.25, -0.2) is 13.2 Å². The molecule has 2 aromatic carbocycles. The molecule has 0 bridgehead atoms. The standard InChI is InChI=1S/C14H6F8O/c15-7-8(16)10(18)12(11(19)9(7)17)23-13(14(20,21)22)6-4-2-1-3-5-6/h1-5,13H/t13-/m0/s1. The van der Waals surface area contributed by atoms with Crippen molar-refractivity contribution < 1.29 is 39.9 Å². The molecule has 2 aromatic rings. The van der Waals surface area contributed by atoms with Crippen LogP contribution in [0.2, 0.25) is 0 Å². The minimum Gasteiger partial charge on any atom is -0.470 e. The SMILES string of the molecule is Fc1c(F)c(F)c(O[C@@H](c2ccccc2)C(F)(F)F)c(F)c1F. The summed E-state index contributed by atoms with van der Waals surface area (Å²) in [4.78, 5) is 0. The van der Waals surface area contributed by atoms with E-state index in [2.05, 4.69) is 4.74 Å². The predicted molar refractivity (Wildman–Crippen MR) is 62.1 cm³/mol. The lowest BCUT2D eigenvalue weighted by molar-refractivity contribution is -0.199. The first-order chi connectivity index (χ1) is 10.6. The van der Waals surface area contributed by atoms with Crippen molar-refractivity contribution >= 4 is 0 Å². The molecule has 0 saturated carbocycles. The van der Waals surface area contributed by atoms with Crippen molar-refractivity contribution in [3.8, 4) is 5.75 Å². The summed E-state index contributed by atoms with van der Waals surface area (Å²) in [6.07, 6.45) is -8.06. The highest BCUT2D eigenvalue weighted by Crippen LogP contribution is 2.39. The summed E-state index contributed by atoms with van der Waals surface area (Å²) >= 11 is 0. The number of benzene rings is 2. The van der Waals surface area contributed by atoms with Crippen molar-refractivity contribution in [2.24, 2.45) is 0 Å². The normalized spacial score (nSPS) is 13.0. The van der Waals surface area contributed by atoms with Gasteiger partial charge in [0.2, 0.25) is 35.2 Å². The van der Waals surface area contributed by atoms with Crippen LogP contribution < -0.4 is 4.74 Å². The molecule has 0 aliphatic heterocycles. The average molecular weight is 342 g/mol. The van der Waals surface area contributed by atoms with Gasteiger partial charge in [-0.2, -0.15) is 22.0 Å². The van der Waals surface area contributed by atoms with E-state index >= 15 is 0 Å². The van der Waals surface area contributed by atoms with Crippen molar-refractivity contribution in [3.05, 3.63) is 65.0 Å². The van der Waals surface area contributed by atoms with Gasteiger partial charge in [0.1, 0.15) is 0 Å². The number of halogens is 8. The van der Waals surface area contributed by atoms with Gasteiger partial charge in [0.25, 0.3) is 0 Å². The maximum Gasteiger partial charge on any atom is 0.429 e. The smallest absolute Gasteiger partial charge is 0.429 e. The number of ether oxygens (including phenoxy) is 1. The van der Waals surface area contributed by atoms with E-state index in [0.29, 0.717) is 0 Å². The second-order valence-corrected chi connectivity index (χ2v) is 4.35. The van der Waals surface area contributed by atoms with Crippen LogP contribution in [0.5, 0.6) is 5.75 Å². The fourth-order valence-electron chi connectivity index (χ4n) is 1.76. The topological polar surface area (TPSA) is 9.23 Å². The highest BCUT2D eigenvalue weighted by Gasteiger charge is 2.44. The zero-order valence-electron chi connectivity index (χ0n) is 10.9. The first kappa shape index (κ1) is 17.0. The molecule has 0 radical (unpaired) electrons. The summed E-state index contributed by atoms with van der Waals surface area (Å²) in [7, 11) is 0. The second kappa shape index (κ2) is 6.05. The molecule has 0 aromatic heterocycles. The molecular formula is C14H6F8O. The molecule has 9 heteroatoms. The third kappa shape index (κ3) is 3.22. The molecule has 0 unspecified atom stereocenters. The highest BCUT2D eigenvalue weighted by molar-refractivity contribution is 5.31. The highest BCUT2D eigenvalue weighted by atomic mass is 19.4. The number of hydrogen-bond acceptors (Lipinski definition) is 1. The van der Waals surface area contributed by atoms with Gasteiger partial charge in [0.15, 0.2) is 5.75 Å². The monoisotopic (exact) mass is 342 g/mol. The molecule has 124 valence electrons. The van der Waals surface area contributed by atoms with Crippen LogP contribution in [-0.4, -0.2) is 6.18 Å². The fraction of sp³-hybridized carbons (Fsp3) is 0.143. The Morgan fingerprint density at radius 2 is 1.13 bits per heavy atom. The summed E-state index contributed by atoms with van der Waals surface area (Å²) in [6.45, 7) is 0. The Labute approximate surface area is 124 Å². The molecule has 0 amide bonds. The fourth-order valence-corrected chi connectivity index (χ4v) is 1.76. The number of rotatable bonds is 3. The minimum atomic E-state index is -5.15. The average Bonchev–Trinajstić information content (AvgIpc) is 2.51. The second-order valence-electron chi connectivity index (χ2n) is 4.35. The van der Waals surface area contributed by atoms with Gasteiger partial charge >= 0.3 is 6.18 Å². The van der Waals surface area contributed by atoms with E-state index in [1.807, 2.05) is 0 Å². The number of hydrogen-bond donors (Lipinski definition) is 0. The maximum absolute atomic E-state index is 13.5. The molecule has 0 N–H and O–H groups in total. The first-order valence-corrected chi connectivity index (χ1v) is 5.94. The Bertz CT molecular complexity index is 682. The van der Waals surface area contributed by atoms with Gasteiger partial charge in [-0.3, -0.25) is 0 Å². The Kier molecular flexibility index (Phi) is 4.49. The third-order valence-electron chi connectivity index (χ3n) is 2.80. The Balaban J connectivity index is 2.55. The van der Waals surface area contributed by atoms with E-state index < -0.39 is 52.7 Å². The van der Waals surface area contributed by atoms with Gasteiger partial charge in [-0.1, -0.05) is 30.3 Å². The third-order valence-corrected chi connectivity index (χ3v) is 2.80. The minimum absolute atomic E-state index is 0.566. The van der Waals surface area contributed by atoms with Crippen molar-refractivity contribution in [1.82, 2.24) is 0 Å². The van der Waals surface area contributed by atoms with Gasteiger partial charge in [-0.05, 0) is 0 Å². The van der Waals surface area contributed by atoms with Crippen LogP contribution in [0.4, 0.5) is 35.1 Å². The lowest BCUT2D eigenvalue weighted by atomic mass is 10.1. The Morgan fingerprint density at radius 1 is 0.696 bits per heavy atom. The van der Waals surface area contributed by atoms with Gasteiger partial charge < -0.3 is 4.74 Å².